The van der Waals surface area contributed by atoms with Gasteiger partial charge in [-0.15, -0.1) is 0 Å². The molecule has 7 nitrogen and oxygen atoms in total. The summed E-state index contributed by atoms with van der Waals surface area (Å²) < 4.78 is 0. The molecule has 0 fully saturated rings. The molecule has 0 saturated heterocycles. The van der Waals surface area contributed by atoms with Crippen LogP contribution in [0.2, 0.25) is 0 Å². The molecule has 0 amide bonds. The molecule has 0 aliphatic rings. The van der Waals surface area contributed by atoms with Gasteiger partial charge in [-0.1, -0.05) is 0 Å². The molecule has 0 heterocycles. The second-order valence-corrected chi connectivity index (χ2v) is 2.33. The summed E-state index contributed by atoms with van der Waals surface area (Å²) in [6.45, 7) is -1.80. The normalized spacial score (nSPS) is 9.21. The van der Waals surface area contributed by atoms with Crippen molar-refractivity contribution in [3.8, 4) is 0 Å². The van der Waals surface area contributed by atoms with Crippen molar-refractivity contribution in [1.29, 1.82) is 0 Å². The van der Waals surface area contributed by atoms with E-state index in [0.717, 1.165) is 4.90 Å². The van der Waals surface area contributed by atoms with E-state index in [1.165, 1.54) is 0 Å². The zero-order chi connectivity index (χ0) is 10.4. The third kappa shape index (κ3) is 9.20. The van der Waals surface area contributed by atoms with Gasteiger partial charge in [0.15, 0.2) is 0 Å². The Morgan fingerprint density at radius 3 is 1.14 bits per heavy atom. The van der Waals surface area contributed by atoms with E-state index < -0.39 is 37.5 Å². The topological polar surface area (TPSA) is 115 Å². The van der Waals surface area contributed by atoms with Gasteiger partial charge in [-0.3, -0.25) is 19.3 Å². The molecule has 0 spiro atoms. The Labute approximate surface area is 94.8 Å². The average molecular weight is 388 g/mol. The van der Waals surface area contributed by atoms with Crippen LogP contribution < -0.4 is 0 Å². The summed E-state index contributed by atoms with van der Waals surface area (Å²) in [7, 11) is 0. The van der Waals surface area contributed by atoms with E-state index in [0.29, 0.717) is 0 Å². The van der Waals surface area contributed by atoms with E-state index in [-0.39, 0.29) is 22.4 Å². The number of hydrogen-bond donors (Lipinski definition) is 3. The Hall–Kier alpha value is -0.890. The first kappa shape index (κ1) is 15.6. The Morgan fingerprint density at radius 1 is 0.786 bits per heavy atom. The van der Waals surface area contributed by atoms with E-state index in [4.69, 9.17) is 15.3 Å². The van der Waals surface area contributed by atoms with Crippen molar-refractivity contribution < 1.29 is 52.1 Å². The predicted molar refractivity (Wildman–Crippen MR) is 39.3 cm³/mol. The van der Waals surface area contributed by atoms with Gasteiger partial charge in [-0.05, 0) is 0 Å². The molecule has 0 aromatic rings. The van der Waals surface area contributed by atoms with Gasteiger partial charge in [0.25, 0.3) is 0 Å². The molecular formula is C6H9AuNO6. The van der Waals surface area contributed by atoms with Crippen LogP contribution in [0.5, 0.6) is 0 Å². The third-order valence-electron chi connectivity index (χ3n) is 1.08. The van der Waals surface area contributed by atoms with Gasteiger partial charge in [0.2, 0.25) is 0 Å². The first-order valence-corrected chi connectivity index (χ1v) is 3.29. The molecule has 0 atom stereocenters. The Balaban J connectivity index is 0. The molecule has 0 unspecified atom stereocenters. The van der Waals surface area contributed by atoms with Crippen LogP contribution in [-0.4, -0.2) is 57.8 Å². The minimum atomic E-state index is -1.26. The van der Waals surface area contributed by atoms with E-state index >= 15 is 0 Å². The minimum absolute atomic E-state index is 0. The van der Waals surface area contributed by atoms with Gasteiger partial charge in [-0.25, -0.2) is 0 Å². The standard InChI is InChI=1S/C6H9NO6.Au/c8-4(9)1-7(2-5(10)11)3-6(12)13;/h1-3H2,(H,8,9)(H,10,11)(H,12,13);. The predicted octanol–water partition coefficient (Wildman–Crippen LogP) is -1.46. The van der Waals surface area contributed by atoms with Crippen LogP contribution in [-0.2, 0) is 36.8 Å². The van der Waals surface area contributed by atoms with Crippen LogP contribution in [0.25, 0.3) is 0 Å². The number of carboxylic acid groups (broad SMARTS) is 3. The van der Waals surface area contributed by atoms with Gasteiger partial charge >= 0.3 is 17.9 Å². The van der Waals surface area contributed by atoms with Gasteiger partial charge in [0, 0.05) is 22.4 Å². The van der Waals surface area contributed by atoms with Crippen molar-refractivity contribution in [1.82, 2.24) is 4.90 Å². The summed E-state index contributed by atoms with van der Waals surface area (Å²) >= 11 is 0. The Kier molecular flexibility index (Phi) is 8.35. The summed E-state index contributed by atoms with van der Waals surface area (Å²) in [5, 5.41) is 24.8. The molecule has 0 aromatic carbocycles. The smallest absolute Gasteiger partial charge is 0.317 e. The van der Waals surface area contributed by atoms with E-state index in [2.05, 4.69) is 0 Å². The minimum Gasteiger partial charge on any atom is -0.480 e. The van der Waals surface area contributed by atoms with E-state index in [1.807, 2.05) is 0 Å². The van der Waals surface area contributed by atoms with Gasteiger partial charge < -0.3 is 15.3 Å². The molecule has 0 aliphatic carbocycles. The van der Waals surface area contributed by atoms with Crippen molar-refractivity contribution in [2.75, 3.05) is 19.6 Å². The van der Waals surface area contributed by atoms with Crippen LogP contribution >= 0.6 is 0 Å². The molecule has 3 N–H and O–H groups in total. The summed E-state index contributed by atoms with van der Waals surface area (Å²) in [6, 6.07) is 0. The summed E-state index contributed by atoms with van der Waals surface area (Å²) in [6.07, 6.45) is 0. The second-order valence-electron chi connectivity index (χ2n) is 2.33. The van der Waals surface area contributed by atoms with Crippen molar-refractivity contribution in [3.05, 3.63) is 0 Å². The van der Waals surface area contributed by atoms with Gasteiger partial charge in [0.05, 0.1) is 19.6 Å². The number of carboxylic acids is 3. The van der Waals surface area contributed by atoms with E-state index in [1.54, 1.807) is 0 Å². The maximum atomic E-state index is 10.1. The fraction of sp³-hybridized carbons (Fsp3) is 0.500. The summed E-state index contributed by atoms with van der Waals surface area (Å²) in [4.78, 5) is 31.2. The first-order valence-electron chi connectivity index (χ1n) is 3.29. The quantitative estimate of drug-likeness (QED) is 0.477. The maximum absolute atomic E-state index is 10.1. The van der Waals surface area contributed by atoms with Crippen LogP contribution in [0.1, 0.15) is 0 Å². The molecule has 0 aliphatic heterocycles. The zero-order valence-electron chi connectivity index (χ0n) is 6.94. The number of hydrogen-bond acceptors (Lipinski definition) is 4. The fourth-order valence-corrected chi connectivity index (χ4v) is 0.742. The molecule has 0 bridgehead atoms. The zero-order valence-corrected chi connectivity index (χ0v) is 9.10. The van der Waals surface area contributed by atoms with E-state index in [9.17, 15) is 14.4 Å². The number of carbonyl (C=O) groups is 3. The van der Waals surface area contributed by atoms with Crippen molar-refractivity contribution in [2.45, 2.75) is 0 Å². The Bertz CT molecular complexity index is 192. The number of rotatable bonds is 6. The largest absolute Gasteiger partial charge is 0.480 e. The average Bonchev–Trinajstić information content (AvgIpc) is 1.80. The van der Waals surface area contributed by atoms with Crippen LogP contribution in [0.3, 0.4) is 0 Å². The fourth-order valence-electron chi connectivity index (χ4n) is 0.742. The van der Waals surface area contributed by atoms with Crippen LogP contribution in [0.4, 0.5) is 0 Å². The van der Waals surface area contributed by atoms with Gasteiger partial charge in [-0.2, -0.15) is 0 Å². The molecule has 85 valence electrons. The number of nitrogens with zero attached hydrogens (tertiary/aromatic N) is 1. The summed E-state index contributed by atoms with van der Waals surface area (Å²) in [5.41, 5.74) is 0. The molecular weight excluding hydrogens is 379 g/mol. The van der Waals surface area contributed by atoms with Crippen molar-refractivity contribution in [2.24, 2.45) is 0 Å². The van der Waals surface area contributed by atoms with Gasteiger partial charge in [0.1, 0.15) is 0 Å². The molecule has 14 heavy (non-hydrogen) atoms. The SMILES string of the molecule is O=C(O)CN(CC(=O)O)CC(=O)O.[Au]. The molecule has 0 aromatic heterocycles. The Morgan fingerprint density at radius 2 is 1.00 bits per heavy atom. The van der Waals surface area contributed by atoms with Crippen molar-refractivity contribution >= 4 is 17.9 Å². The molecule has 8 heteroatoms. The second kappa shape index (κ2) is 7.51. The molecule has 0 saturated carbocycles. The van der Waals surface area contributed by atoms with Crippen LogP contribution in [0, 0.1) is 0 Å². The number of aliphatic carboxylic acids is 3. The van der Waals surface area contributed by atoms with Crippen LogP contribution in [0.15, 0.2) is 0 Å². The molecule has 1 radical (unpaired) electrons. The third-order valence-corrected chi connectivity index (χ3v) is 1.08. The molecule has 0 rings (SSSR count). The first-order chi connectivity index (χ1) is 5.91. The monoisotopic (exact) mass is 388 g/mol. The summed E-state index contributed by atoms with van der Waals surface area (Å²) in [5.74, 6) is -3.78. The van der Waals surface area contributed by atoms with Crippen molar-refractivity contribution in [3.63, 3.8) is 0 Å². The maximum Gasteiger partial charge on any atom is 0.317 e.